The third-order valence-corrected chi connectivity index (χ3v) is 4.76. The summed E-state index contributed by atoms with van der Waals surface area (Å²) in [5.74, 6) is 3.55. The maximum absolute atomic E-state index is 5.37. The molecule has 0 aliphatic rings. The topological polar surface area (TPSA) is 39.7 Å². The van der Waals surface area contributed by atoms with E-state index in [1.165, 1.54) is 11.1 Å². The normalized spacial score (nSPS) is 12.1. The molecule has 26 heavy (non-hydrogen) atoms. The van der Waals surface area contributed by atoms with Crippen LogP contribution in [0.4, 0.5) is 0 Å². The van der Waals surface area contributed by atoms with Crippen LogP contribution in [-0.2, 0) is 6.54 Å². The Morgan fingerprint density at radius 2 is 1.54 bits per heavy atom. The Balaban J connectivity index is 1.89. The van der Waals surface area contributed by atoms with Crippen LogP contribution < -0.4 is 19.5 Å². The highest BCUT2D eigenvalue weighted by atomic mass is 16.5. The van der Waals surface area contributed by atoms with E-state index in [2.05, 4.69) is 37.4 Å². The summed E-state index contributed by atoms with van der Waals surface area (Å²) in [6.45, 7) is 6.34. The molecule has 1 atom stereocenters. The van der Waals surface area contributed by atoms with Crippen molar-refractivity contribution in [1.82, 2.24) is 5.32 Å². The van der Waals surface area contributed by atoms with Gasteiger partial charge in [-0.3, -0.25) is 0 Å². The maximum atomic E-state index is 5.37. The maximum Gasteiger partial charge on any atom is 0.161 e. The molecular weight excluding hydrogens is 326 g/mol. The number of nitrogens with one attached hydrogen (secondary N) is 1. The highest BCUT2D eigenvalue weighted by Gasteiger charge is 2.15. The summed E-state index contributed by atoms with van der Waals surface area (Å²) in [7, 11) is 5.02. The molecule has 1 unspecified atom stereocenters. The van der Waals surface area contributed by atoms with Crippen LogP contribution in [0, 0.1) is 5.92 Å². The van der Waals surface area contributed by atoms with Gasteiger partial charge in [-0.05, 0) is 60.2 Å². The van der Waals surface area contributed by atoms with Gasteiger partial charge in [-0.25, -0.2) is 0 Å². The van der Waals surface area contributed by atoms with E-state index in [1.807, 2.05) is 24.3 Å². The van der Waals surface area contributed by atoms with Crippen LogP contribution in [0.2, 0.25) is 0 Å². The number of benzene rings is 2. The lowest BCUT2D eigenvalue weighted by Gasteiger charge is -2.22. The Morgan fingerprint density at radius 3 is 2.12 bits per heavy atom. The van der Waals surface area contributed by atoms with E-state index in [0.717, 1.165) is 36.8 Å². The third kappa shape index (κ3) is 5.40. The van der Waals surface area contributed by atoms with Gasteiger partial charge in [0.2, 0.25) is 0 Å². The molecule has 0 spiro atoms. The number of hydrogen-bond donors (Lipinski definition) is 1. The second kappa shape index (κ2) is 10.1. The molecule has 0 heterocycles. The van der Waals surface area contributed by atoms with Gasteiger partial charge in [0.1, 0.15) is 5.75 Å². The van der Waals surface area contributed by atoms with Crippen LogP contribution in [0.3, 0.4) is 0 Å². The van der Waals surface area contributed by atoms with Crippen molar-refractivity contribution in [2.75, 3.05) is 27.9 Å². The zero-order valence-electron chi connectivity index (χ0n) is 16.5. The smallest absolute Gasteiger partial charge is 0.161 e. The molecule has 4 nitrogen and oxygen atoms in total. The molecule has 142 valence electrons. The van der Waals surface area contributed by atoms with Crippen LogP contribution >= 0.6 is 0 Å². The van der Waals surface area contributed by atoms with Gasteiger partial charge in [0.25, 0.3) is 0 Å². The third-order valence-electron chi connectivity index (χ3n) is 4.76. The predicted octanol–water partition coefficient (Wildman–Crippen LogP) is 4.63. The molecule has 2 aromatic rings. The minimum absolute atomic E-state index is 0.527. The molecule has 0 aromatic heterocycles. The van der Waals surface area contributed by atoms with E-state index in [1.54, 1.807) is 21.3 Å². The van der Waals surface area contributed by atoms with Gasteiger partial charge >= 0.3 is 0 Å². The van der Waals surface area contributed by atoms with Gasteiger partial charge in [0.15, 0.2) is 11.5 Å². The number of hydrogen-bond acceptors (Lipinski definition) is 4. The van der Waals surface area contributed by atoms with Crippen LogP contribution in [0.1, 0.15) is 37.3 Å². The zero-order valence-corrected chi connectivity index (χ0v) is 16.5. The standard InChI is InChI=1S/C22H31NO3/c1-16(2)20(18-7-9-19(24-3)10-8-18)12-13-23-15-17-6-11-21(25-4)22(14-17)26-5/h6-11,14,16,20,23H,12-13,15H2,1-5H3. The van der Waals surface area contributed by atoms with E-state index in [4.69, 9.17) is 14.2 Å². The van der Waals surface area contributed by atoms with Crippen LogP contribution in [0.5, 0.6) is 17.2 Å². The van der Waals surface area contributed by atoms with Gasteiger partial charge < -0.3 is 19.5 Å². The molecule has 4 heteroatoms. The van der Waals surface area contributed by atoms with E-state index in [9.17, 15) is 0 Å². The van der Waals surface area contributed by atoms with Crippen molar-refractivity contribution in [3.05, 3.63) is 53.6 Å². The zero-order chi connectivity index (χ0) is 18.9. The molecule has 0 amide bonds. The van der Waals surface area contributed by atoms with E-state index in [0.29, 0.717) is 11.8 Å². The Labute approximate surface area is 157 Å². The summed E-state index contributed by atoms with van der Waals surface area (Å²) < 4.78 is 15.9. The fourth-order valence-electron chi connectivity index (χ4n) is 3.22. The first-order chi connectivity index (χ1) is 12.6. The molecule has 0 radical (unpaired) electrons. The Morgan fingerprint density at radius 1 is 0.846 bits per heavy atom. The van der Waals surface area contributed by atoms with Crippen molar-refractivity contribution in [2.24, 2.45) is 5.92 Å². The number of ether oxygens (including phenoxy) is 3. The van der Waals surface area contributed by atoms with Crippen molar-refractivity contribution in [3.8, 4) is 17.2 Å². The summed E-state index contributed by atoms with van der Waals surface area (Å²) >= 11 is 0. The van der Waals surface area contributed by atoms with Crippen molar-refractivity contribution in [3.63, 3.8) is 0 Å². The van der Waals surface area contributed by atoms with Gasteiger partial charge in [-0.1, -0.05) is 32.0 Å². The number of rotatable bonds is 10. The quantitative estimate of drug-likeness (QED) is 0.629. The molecule has 0 fully saturated rings. The molecule has 0 bridgehead atoms. The summed E-state index contributed by atoms with van der Waals surface area (Å²) in [6.07, 6.45) is 1.09. The lowest BCUT2D eigenvalue weighted by atomic mass is 9.86. The second-order valence-corrected chi connectivity index (χ2v) is 6.78. The van der Waals surface area contributed by atoms with Gasteiger partial charge in [0.05, 0.1) is 21.3 Å². The van der Waals surface area contributed by atoms with Crippen molar-refractivity contribution < 1.29 is 14.2 Å². The minimum Gasteiger partial charge on any atom is -0.497 e. The summed E-state index contributed by atoms with van der Waals surface area (Å²) in [6, 6.07) is 14.5. The predicted molar refractivity (Wildman–Crippen MR) is 106 cm³/mol. The molecule has 0 aliphatic carbocycles. The average Bonchev–Trinajstić information content (AvgIpc) is 2.67. The van der Waals surface area contributed by atoms with E-state index < -0.39 is 0 Å². The van der Waals surface area contributed by atoms with Gasteiger partial charge in [-0.2, -0.15) is 0 Å². The summed E-state index contributed by atoms with van der Waals surface area (Å²) in [5.41, 5.74) is 2.56. The second-order valence-electron chi connectivity index (χ2n) is 6.78. The van der Waals surface area contributed by atoms with Gasteiger partial charge in [-0.15, -0.1) is 0 Å². The first kappa shape index (κ1) is 20.1. The highest BCUT2D eigenvalue weighted by Crippen LogP contribution is 2.29. The average molecular weight is 357 g/mol. The Hall–Kier alpha value is -2.20. The minimum atomic E-state index is 0.527. The van der Waals surface area contributed by atoms with Crippen molar-refractivity contribution in [2.45, 2.75) is 32.7 Å². The first-order valence-electron chi connectivity index (χ1n) is 9.14. The monoisotopic (exact) mass is 357 g/mol. The van der Waals surface area contributed by atoms with Crippen LogP contribution in [-0.4, -0.2) is 27.9 Å². The first-order valence-corrected chi connectivity index (χ1v) is 9.14. The summed E-state index contributed by atoms with van der Waals surface area (Å²) in [5, 5.41) is 3.55. The summed E-state index contributed by atoms with van der Waals surface area (Å²) in [4.78, 5) is 0. The van der Waals surface area contributed by atoms with Crippen LogP contribution in [0.15, 0.2) is 42.5 Å². The highest BCUT2D eigenvalue weighted by molar-refractivity contribution is 5.42. The molecule has 0 aliphatic heterocycles. The molecule has 2 aromatic carbocycles. The van der Waals surface area contributed by atoms with Crippen LogP contribution in [0.25, 0.3) is 0 Å². The largest absolute Gasteiger partial charge is 0.497 e. The molecule has 0 saturated carbocycles. The molecule has 2 rings (SSSR count). The van der Waals surface area contributed by atoms with Gasteiger partial charge in [0, 0.05) is 6.54 Å². The molecule has 0 saturated heterocycles. The lowest BCUT2D eigenvalue weighted by molar-refractivity contribution is 0.354. The Bertz CT molecular complexity index is 668. The SMILES string of the molecule is COc1ccc(C(CCNCc2ccc(OC)c(OC)c2)C(C)C)cc1. The fourth-order valence-corrected chi connectivity index (χ4v) is 3.22. The van der Waals surface area contributed by atoms with E-state index >= 15 is 0 Å². The fraction of sp³-hybridized carbons (Fsp3) is 0.455. The van der Waals surface area contributed by atoms with E-state index in [-0.39, 0.29) is 0 Å². The molecule has 1 N–H and O–H groups in total. The lowest BCUT2D eigenvalue weighted by Crippen LogP contribution is -2.19. The van der Waals surface area contributed by atoms with Crippen molar-refractivity contribution >= 4 is 0 Å². The molecular formula is C22H31NO3. The Kier molecular flexibility index (Phi) is 7.79. The van der Waals surface area contributed by atoms with Crippen molar-refractivity contribution in [1.29, 1.82) is 0 Å². The number of methoxy groups -OCH3 is 3.